The second-order valence-corrected chi connectivity index (χ2v) is 7.60. The van der Waals surface area contributed by atoms with Gasteiger partial charge in [0.15, 0.2) is 0 Å². The van der Waals surface area contributed by atoms with E-state index >= 15 is 0 Å². The normalized spacial score (nSPS) is 14.2. The van der Waals surface area contributed by atoms with Crippen LogP contribution in [0.1, 0.15) is 39.0 Å². The van der Waals surface area contributed by atoms with Gasteiger partial charge in [-0.05, 0) is 33.8 Å². The topological polar surface area (TPSA) is 60.8 Å². The molecule has 6 nitrogen and oxygen atoms in total. The van der Waals surface area contributed by atoms with Crippen LogP contribution in [0, 0.1) is 5.82 Å². The lowest BCUT2D eigenvalue weighted by Gasteiger charge is -2.30. The number of nitrogens with zero attached hydrogens (tertiary/aromatic N) is 2. The van der Waals surface area contributed by atoms with Crippen LogP contribution in [-0.4, -0.2) is 40.3 Å². The first-order valence-electron chi connectivity index (χ1n) is 9.13. The summed E-state index contributed by atoms with van der Waals surface area (Å²) < 4.78 is 26.8. The van der Waals surface area contributed by atoms with E-state index in [0.29, 0.717) is 30.4 Å². The van der Waals surface area contributed by atoms with Crippen LogP contribution in [0.3, 0.4) is 0 Å². The van der Waals surface area contributed by atoms with E-state index in [9.17, 15) is 14.0 Å². The molecule has 1 aromatic heterocycles. The van der Waals surface area contributed by atoms with E-state index in [1.807, 2.05) is 26.8 Å². The van der Waals surface area contributed by atoms with Gasteiger partial charge in [-0.15, -0.1) is 0 Å². The molecular formula is C20H25FN2O4. The van der Waals surface area contributed by atoms with Crippen molar-refractivity contribution in [1.82, 2.24) is 9.47 Å². The average Bonchev–Trinajstić information content (AvgIpc) is 2.88. The first-order valence-corrected chi connectivity index (χ1v) is 9.13. The highest BCUT2D eigenvalue weighted by Crippen LogP contribution is 2.33. The maximum Gasteiger partial charge on any atom is 0.410 e. The minimum atomic E-state index is -0.582. The summed E-state index contributed by atoms with van der Waals surface area (Å²) in [7, 11) is 0. The molecule has 0 radical (unpaired) electrons. The molecule has 2 heterocycles. The van der Waals surface area contributed by atoms with E-state index in [-0.39, 0.29) is 13.2 Å². The maximum absolute atomic E-state index is 14.6. The minimum absolute atomic E-state index is 0.0486. The SMILES string of the molecule is CCOC(=O)Cn1c2c(c3cccc(F)c31)CN(C(=O)OC(C)(C)C)CC2. The highest BCUT2D eigenvalue weighted by atomic mass is 19.1. The number of ether oxygens (including phenoxy) is 2. The number of hydrogen-bond donors (Lipinski definition) is 0. The van der Waals surface area contributed by atoms with Crippen LogP contribution in [0.25, 0.3) is 10.9 Å². The Morgan fingerprint density at radius 3 is 2.67 bits per heavy atom. The van der Waals surface area contributed by atoms with Crippen molar-refractivity contribution >= 4 is 23.0 Å². The number of aromatic nitrogens is 1. The minimum Gasteiger partial charge on any atom is -0.465 e. The van der Waals surface area contributed by atoms with Crippen LogP contribution in [0.2, 0.25) is 0 Å². The third-order valence-electron chi connectivity index (χ3n) is 4.47. The lowest BCUT2D eigenvalue weighted by Crippen LogP contribution is -2.40. The zero-order valence-corrected chi connectivity index (χ0v) is 16.2. The molecule has 1 aliphatic heterocycles. The van der Waals surface area contributed by atoms with Crippen molar-refractivity contribution in [2.45, 2.75) is 52.8 Å². The Hall–Kier alpha value is -2.57. The third-order valence-corrected chi connectivity index (χ3v) is 4.47. The van der Waals surface area contributed by atoms with Gasteiger partial charge < -0.3 is 18.9 Å². The first kappa shape index (κ1) is 19.2. The van der Waals surface area contributed by atoms with Crippen molar-refractivity contribution < 1.29 is 23.5 Å². The molecule has 0 N–H and O–H groups in total. The molecule has 0 saturated heterocycles. The largest absolute Gasteiger partial charge is 0.465 e. The summed E-state index contributed by atoms with van der Waals surface area (Å²) >= 11 is 0. The summed E-state index contributed by atoms with van der Waals surface area (Å²) in [6.45, 7) is 8.19. The zero-order chi connectivity index (χ0) is 19.8. The van der Waals surface area contributed by atoms with Gasteiger partial charge in [0.2, 0.25) is 0 Å². The highest BCUT2D eigenvalue weighted by molar-refractivity contribution is 5.88. The van der Waals surface area contributed by atoms with Crippen molar-refractivity contribution in [3.63, 3.8) is 0 Å². The van der Waals surface area contributed by atoms with Gasteiger partial charge in [0, 0.05) is 29.6 Å². The lowest BCUT2D eigenvalue weighted by molar-refractivity contribution is -0.143. The fourth-order valence-electron chi connectivity index (χ4n) is 3.45. The molecule has 3 rings (SSSR count). The van der Waals surface area contributed by atoms with Crippen LogP contribution in [0.15, 0.2) is 18.2 Å². The van der Waals surface area contributed by atoms with Gasteiger partial charge in [-0.1, -0.05) is 12.1 Å². The number of carbonyl (C=O) groups excluding carboxylic acids is 2. The van der Waals surface area contributed by atoms with E-state index in [1.54, 1.807) is 22.5 Å². The van der Waals surface area contributed by atoms with E-state index in [1.165, 1.54) is 6.07 Å². The number of benzene rings is 1. The second kappa shape index (κ2) is 7.21. The fourth-order valence-corrected chi connectivity index (χ4v) is 3.45. The Morgan fingerprint density at radius 1 is 1.26 bits per heavy atom. The van der Waals surface area contributed by atoms with Crippen LogP contribution in [0.5, 0.6) is 0 Å². The number of hydrogen-bond acceptors (Lipinski definition) is 4. The Kier molecular flexibility index (Phi) is 5.13. The number of fused-ring (bicyclic) bond motifs is 3. The van der Waals surface area contributed by atoms with E-state index in [4.69, 9.17) is 9.47 Å². The highest BCUT2D eigenvalue weighted by Gasteiger charge is 2.30. The Labute approximate surface area is 157 Å². The molecule has 0 aliphatic carbocycles. The molecule has 2 aromatic rings. The lowest BCUT2D eigenvalue weighted by atomic mass is 10.0. The predicted octanol–water partition coefficient (Wildman–Crippen LogP) is 3.64. The van der Waals surface area contributed by atoms with E-state index in [2.05, 4.69) is 0 Å². The molecule has 146 valence electrons. The molecule has 0 fully saturated rings. The number of rotatable bonds is 3. The maximum atomic E-state index is 14.6. The summed E-state index contributed by atoms with van der Waals surface area (Å²) in [5.74, 6) is -0.801. The molecule has 0 spiro atoms. The van der Waals surface area contributed by atoms with Gasteiger partial charge >= 0.3 is 12.1 Å². The van der Waals surface area contributed by atoms with Gasteiger partial charge in [0.05, 0.1) is 18.7 Å². The van der Waals surface area contributed by atoms with Crippen LogP contribution in [-0.2, 0) is 33.8 Å². The Morgan fingerprint density at radius 2 is 2.00 bits per heavy atom. The summed E-state index contributed by atoms with van der Waals surface area (Å²) in [5, 5.41) is 0.711. The summed E-state index contributed by atoms with van der Waals surface area (Å²) in [6.07, 6.45) is 0.123. The molecule has 1 amide bonds. The Balaban J connectivity index is 1.99. The van der Waals surface area contributed by atoms with Crippen LogP contribution >= 0.6 is 0 Å². The van der Waals surface area contributed by atoms with Gasteiger partial charge in [0.25, 0.3) is 0 Å². The molecule has 0 saturated carbocycles. The Bertz CT molecular complexity index is 882. The van der Waals surface area contributed by atoms with Crippen molar-refractivity contribution in [3.05, 3.63) is 35.3 Å². The van der Waals surface area contributed by atoms with Gasteiger partial charge in [0.1, 0.15) is 18.0 Å². The van der Waals surface area contributed by atoms with Crippen LogP contribution in [0.4, 0.5) is 9.18 Å². The quantitative estimate of drug-likeness (QED) is 0.768. The van der Waals surface area contributed by atoms with Gasteiger partial charge in [-0.25, -0.2) is 9.18 Å². The summed E-state index contributed by atoms with van der Waals surface area (Å²) in [5.41, 5.74) is 1.51. The van der Waals surface area contributed by atoms with Crippen molar-refractivity contribution in [2.24, 2.45) is 0 Å². The monoisotopic (exact) mass is 376 g/mol. The molecule has 0 atom stereocenters. The second-order valence-electron chi connectivity index (χ2n) is 7.60. The fraction of sp³-hybridized carbons (Fsp3) is 0.500. The molecule has 7 heteroatoms. The number of esters is 1. The third kappa shape index (κ3) is 3.91. The van der Waals surface area contributed by atoms with E-state index in [0.717, 1.165) is 11.3 Å². The van der Waals surface area contributed by atoms with E-state index < -0.39 is 23.5 Å². The number of amides is 1. The molecule has 1 aromatic carbocycles. The smallest absolute Gasteiger partial charge is 0.410 e. The molecule has 0 unspecified atom stereocenters. The molecule has 1 aliphatic rings. The average molecular weight is 376 g/mol. The summed E-state index contributed by atoms with van der Waals surface area (Å²) in [6, 6.07) is 4.83. The summed E-state index contributed by atoms with van der Waals surface area (Å²) in [4.78, 5) is 26.1. The van der Waals surface area contributed by atoms with Gasteiger partial charge in [-0.2, -0.15) is 0 Å². The zero-order valence-electron chi connectivity index (χ0n) is 16.2. The predicted molar refractivity (Wildman–Crippen MR) is 98.9 cm³/mol. The van der Waals surface area contributed by atoms with Crippen LogP contribution < -0.4 is 0 Å². The molecular weight excluding hydrogens is 351 g/mol. The van der Waals surface area contributed by atoms with Gasteiger partial charge in [-0.3, -0.25) is 4.79 Å². The van der Waals surface area contributed by atoms with Crippen molar-refractivity contribution in [1.29, 1.82) is 0 Å². The number of para-hydroxylation sites is 1. The first-order chi connectivity index (χ1) is 12.7. The molecule has 27 heavy (non-hydrogen) atoms. The standard InChI is InChI=1S/C20H25FN2O4/c1-5-26-17(24)12-23-16-9-10-22(19(25)27-20(2,3)4)11-14(16)13-7-6-8-15(21)18(13)23/h6-8H,5,9-12H2,1-4H3. The molecule has 0 bridgehead atoms. The van der Waals surface area contributed by atoms with Crippen molar-refractivity contribution in [3.8, 4) is 0 Å². The number of carbonyl (C=O) groups is 2. The number of halogens is 1. The van der Waals surface area contributed by atoms with Crippen molar-refractivity contribution in [2.75, 3.05) is 13.2 Å².